The van der Waals surface area contributed by atoms with Crippen LogP contribution in [0.1, 0.15) is 34.2 Å². The standard InChI is InChI=1S/C29H30N2O6/c1-17-5-4-6-18(2)27(17)30-25(32)15-31-14-22(20-9-12-23-24(13-20)37-16-36-23)26(29(33)34)28(31)19-7-10-21(35-3)11-8-19/h4-13,22,26,28H,14-16H2,1-3H3,(H,30,32)(H,33,34). The zero-order valence-corrected chi connectivity index (χ0v) is 21.1. The Bertz CT molecular complexity index is 1300. The Hall–Kier alpha value is -4.04. The van der Waals surface area contributed by atoms with E-state index in [9.17, 15) is 14.7 Å². The van der Waals surface area contributed by atoms with E-state index in [0.717, 1.165) is 27.9 Å². The summed E-state index contributed by atoms with van der Waals surface area (Å²) in [5, 5.41) is 13.5. The number of nitrogens with zero attached hydrogens (tertiary/aromatic N) is 1. The first-order chi connectivity index (χ1) is 17.9. The molecule has 1 saturated heterocycles. The van der Waals surface area contributed by atoms with Crippen LogP contribution >= 0.6 is 0 Å². The monoisotopic (exact) mass is 502 g/mol. The van der Waals surface area contributed by atoms with Crippen LogP contribution in [-0.2, 0) is 9.59 Å². The van der Waals surface area contributed by atoms with Crippen molar-refractivity contribution in [3.05, 3.63) is 82.9 Å². The van der Waals surface area contributed by atoms with Gasteiger partial charge in [-0.25, -0.2) is 0 Å². The van der Waals surface area contributed by atoms with Crippen molar-refractivity contribution in [3.8, 4) is 17.2 Å². The number of anilines is 1. The van der Waals surface area contributed by atoms with Gasteiger partial charge in [-0.15, -0.1) is 0 Å². The van der Waals surface area contributed by atoms with Crippen LogP contribution < -0.4 is 19.5 Å². The highest BCUT2D eigenvalue weighted by atomic mass is 16.7. The van der Waals surface area contributed by atoms with Gasteiger partial charge < -0.3 is 24.6 Å². The minimum Gasteiger partial charge on any atom is -0.497 e. The summed E-state index contributed by atoms with van der Waals surface area (Å²) >= 11 is 0. The van der Waals surface area contributed by atoms with Gasteiger partial charge in [0.15, 0.2) is 11.5 Å². The van der Waals surface area contributed by atoms with Gasteiger partial charge in [0, 0.05) is 24.2 Å². The second-order valence-corrected chi connectivity index (χ2v) is 9.55. The Morgan fingerprint density at radius 3 is 2.35 bits per heavy atom. The topological polar surface area (TPSA) is 97.3 Å². The number of methoxy groups -OCH3 is 1. The molecule has 3 aromatic carbocycles. The molecule has 2 heterocycles. The van der Waals surface area contributed by atoms with Crippen molar-refractivity contribution in [2.24, 2.45) is 5.92 Å². The Morgan fingerprint density at radius 2 is 1.68 bits per heavy atom. The molecule has 37 heavy (non-hydrogen) atoms. The zero-order chi connectivity index (χ0) is 26.1. The molecule has 1 fully saturated rings. The smallest absolute Gasteiger partial charge is 0.309 e. The molecule has 8 nitrogen and oxygen atoms in total. The zero-order valence-electron chi connectivity index (χ0n) is 21.1. The first kappa shape index (κ1) is 24.6. The quantitative estimate of drug-likeness (QED) is 0.490. The first-order valence-electron chi connectivity index (χ1n) is 12.2. The van der Waals surface area contributed by atoms with Crippen LogP contribution in [0.3, 0.4) is 0 Å². The van der Waals surface area contributed by atoms with Gasteiger partial charge in [0.1, 0.15) is 5.75 Å². The Labute approximate surface area is 215 Å². The number of hydrogen-bond donors (Lipinski definition) is 2. The van der Waals surface area contributed by atoms with Gasteiger partial charge in [0.25, 0.3) is 0 Å². The molecule has 0 spiro atoms. The first-order valence-corrected chi connectivity index (χ1v) is 12.2. The number of hydrogen-bond acceptors (Lipinski definition) is 6. The van der Waals surface area contributed by atoms with E-state index in [4.69, 9.17) is 14.2 Å². The average molecular weight is 503 g/mol. The van der Waals surface area contributed by atoms with Crippen molar-refractivity contribution < 1.29 is 28.9 Å². The number of ether oxygens (including phenoxy) is 3. The van der Waals surface area contributed by atoms with Gasteiger partial charge in [0.2, 0.25) is 12.7 Å². The molecule has 192 valence electrons. The minimum absolute atomic E-state index is 0.0509. The van der Waals surface area contributed by atoms with E-state index < -0.39 is 17.9 Å². The van der Waals surface area contributed by atoms with E-state index >= 15 is 0 Å². The summed E-state index contributed by atoms with van der Waals surface area (Å²) in [5.74, 6) is -0.305. The van der Waals surface area contributed by atoms with Crippen molar-refractivity contribution in [1.29, 1.82) is 0 Å². The molecule has 0 aliphatic carbocycles. The fourth-order valence-corrected chi connectivity index (χ4v) is 5.45. The van der Waals surface area contributed by atoms with Crippen LogP contribution in [0, 0.1) is 19.8 Å². The van der Waals surface area contributed by atoms with Gasteiger partial charge in [-0.1, -0.05) is 36.4 Å². The number of benzene rings is 3. The number of rotatable bonds is 7. The van der Waals surface area contributed by atoms with Gasteiger partial charge in [-0.3, -0.25) is 14.5 Å². The number of aryl methyl sites for hydroxylation is 2. The second kappa shape index (κ2) is 10.1. The fraction of sp³-hybridized carbons (Fsp3) is 0.310. The molecular formula is C29H30N2O6. The number of para-hydroxylation sites is 1. The van der Waals surface area contributed by atoms with Crippen LogP contribution in [0.2, 0.25) is 0 Å². The molecule has 5 rings (SSSR count). The van der Waals surface area contributed by atoms with E-state index in [1.165, 1.54) is 0 Å². The molecule has 0 aromatic heterocycles. The molecule has 0 saturated carbocycles. The summed E-state index contributed by atoms with van der Waals surface area (Å²) < 4.78 is 16.3. The fourth-order valence-electron chi connectivity index (χ4n) is 5.45. The van der Waals surface area contributed by atoms with Gasteiger partial charge >= 0.3 is 5.97 Å². The maximum Gasteiger partial charge on any atom is 0.309 e. The number of carboxylic acids is 1. The summed E-state index contributed by atoms with van der Waals surface area (Å²) in [6.07, 6.45) is 0. The van der Waals surface area contributed by atoms with Gasteiger partial charge in [-0.2, -0.15) is 0 Å². The van der Waals surface area contributed by atoms with E-state index in [1.54, 1.807) is 7.11 Å². The molecule has 3 atom stereocenters. The predicted octanol–water partition coefficient (Wildman–Crippen LogP) is 4.52. The van der Waals surface area contributed by atoms with E-state index in [1.807, 2.05) is 79.4 Å². The highest BCUT2D eigenvalue weighted by Gasteiger charge is 2.48. The number of carboxylic acid groups (broad SMARTS) is 1. The number of aliphatic carboxylic acids is 1. The third-order valence-corrected chi connectivity index (χ3v) is 7.26. The highest BCUT2D eigenvalue weighted by molar-refractivity contribution is 5.94. The Morgan fingerprint density at radius 1 is 1.00 bits per heavy atom. The van der Waals surface area contributed by atoms with E-state index in [0.29, 0.717) is 23.8 Å². The molecule has 1 amide bonds. The summed E-state index contributed by atoms with van der Waals surface area (Å²) in [6.45, 7) is 4.50. The normalized spacial score (nSPS) is 20.6. The lowest BCUT2D eigenvalue weighted by atomic mass is 9.82. The second-order valence-electron chi connectivity index (χ2n) is 9.55. The lowest BCUT2D eigenvalue weighted by Gasteiger charge is -2.27. The molecule has 2 aliphatic rings. The van der Waals surface area contributed by atoms with E-state index in [-0.39, 0.29) is 25.2 Å². The molecule has 0 radical (unpaired) electrons. The highest BCUT2D eigenvalue weighted by Crippen LogP contribution is 2.47. The van der Waals surface area contributed by atoms with Crippen molar-refractivity contribution >= 4 is 17.6 Å². The molecule has 0 bridgehead atoms. The summed E-state index contributed by atoms with van der Waals surface area (Å²) in [5.41, 5.74) is 4.39. The van der Waals surface area contributed by atoms with Crippen LogP contribution in [0.5, 0.6) is 17.2 Å². The molecule has 2 aliphatic heterocycles. The maximum atomic E-state index is 13.3. The number of nitrogens with one attached hydrogen (secondary N) is 1. The lowest BCUT2D eigenvalue weighted by Crippen LogP contribution is -2.35. The summed E-state index contributed by atoms with van der Waals surface area (Å²) in [7, 11) is 1.59. The average Bonchev–Trinajstić information content (AvgIpc) is 3.50. The molecule has 2 N–H and O–H groups in total. The third-order valence-electron chi connectivity index (χ3n) is 7.26. The molecule has 8 heteroatoms. The lowest BCUT2D eigenvalue weighted by molar-refractivity contribution is -0.143. The van der Waals surface area contributed by atoms with Crippen molar-refractivity contribution in [1.82, 2.24) is 4.90 Å². The Kier molecular flexibility index (Phi) is 6.76. The van der Waals surface area contributed by atoms with Gasteiger partial charge in [-0.05, 0) is 60.4 Å². The SMILES string of the molecule is COc1ccc(C2C(C(=O)O)C(c3ccc4c(c3)OCO4)CN2CC(=O)Nc2c(C)cccc2C)cc1. The van der Waals surface area contributed by atoms with Crippen LogP contribution in [0.15, 0.2) is 60.7 Å². The predicted molar refractivity (Wildman–Crippen MR) is 138 cm³/mol. The van der Waals surface area contributed by atoms with Crippen molar-refractivity contribution in [3.63, 3.8) is 0 Å². The molecule has 3 unspecified atom stereocenters. The van der Waals surface area contributed by atoms with Crippen molar-refractivity contribution in [2.75, 3.05) is 32.3 Å². The van der Waals surface area contributed by atoms with Crippen LogP contribution in [0.25, 0.3) is 0 Å². The van der Waals surface area contributed by atoms with Crippen LogP contribution in [0.4, 0.5) is 5.69 Å². The largest absolute Gasteiger partial charge is 0.497 e. The number of carbonyl (C=O) groups is 2. The van der Waals surface area contributed by atoms with Crippen LogP contribution in [-0.4, -0.2) is 48.9 Å². The van der Waals surface area contributed by atoms with Crippen molar-refractivity contribution in [2.45, 2.75) is 25.8 Å². The number of amides is 1. The number of fused-ring (bicyclic) bond motifs is 1. The number of likely N-dealkylation sites (tertiary alicyclic amines) is 1. The molecule has 3 aromatic rings. The van der Waals surface area contributed by atoms with E-state index in [2.05, 4.69) is 5.32 Å². The van der Waals surface area contributed by atoms with Gasteiger partial charge in [0.05, 0.1) is 19.6 Å². The summed E-state index contributed by atoms with van der Waals surface area (Å²) in [6, 6.07) is 18.3. The number of carbonyl (C=O) groups excluding carboxylic acids is 1. The third kappa shape index (κ3) is 4.84. The molecular weight excluding hydrogens is 472 g/mol. The maximum absolute atomic E-state index is 13.3. The minimum atomic E-state index is -0.916. The Balaban J connectivity index is 1.49. The summed E-state index contributed by atoms with van der Waals surface area (Å²) in [4.78, 5) is 28.0.